The maximum absolute atomic E-state index is 14.5. The standard InChI is InChI=1S/C23H24FNO2/c24-22-7-6-20(27-19-2-1-3-19)12-23(22)25-9-8-15-10-16(4-5-17(15)13-25)21-11-18(21)14-26/h4-7,10,12,14,18-19,21H,1-3,8-9,11,13H2. The molecule has 1 aliphatic heterocycles. The van der Waals surface area contributed by atoms with E-state index in [9.17, 15) is 9.18 Å². The van der Waals surface area contributed by atoms with E-state index in [1.54, 1.807) is 6.07 Å². The molecule has 2 fully saturated rings. The van der Waals surface area contributed by atoms with Crippen molar-refractivity contribution in [3.05, 3.63) is 58.9 Å². The zero-order valence-corrected chi connectivity index (χ0v) is 15.4. The molecule has 1 heterocycles. The van der Waals surface area contributed by atoms with E-state index in [1.165, 1.54) is 29.2 Å². The lowest BCUT2D eigenvalue weighted by Crippen LogP contribution is -2.31. The fraction of sp³-hybridized carbons (Fsp3) is 0.435. The summed E-state index contributed by atoms with van der Waals surface area (Å²) in [7, 11) is 0. The number of nitrogens with zero attached hydrogens (tertiary/aromatic N) is 1. The first-order valence-corrected chi connectivity index (χ1v) is 9.99. The van der Waals surface area contributed by atoms with Crippen molar-refractivity contribution in [1.82, 2.24) is 0 Å². The van der Waals surface area contributed by atoms with Crippen molar-refractivity contribution in [1.29, 1.82) is 0 Å². The maximum Gasteiger partial charge on any atom is 0.146 e. The molecular formula is C23H24FNO2. The average molecular weight is 365 g/mol. The second kappa shape index (κ2) is 6.66. The molecule has 0 bridgehead atoms. The Morgan fingerprint density at radius 1 is 1.11 bits per heavy atom. The lowest BCUT2D eigenvalue weighted by Gasteiger charge is -2.32. The van der Waals surface area contributed by atoms with E-state index in [0.29, 0.717) is 24.3 Å². The van der Waals surface area contributed by atoms with E-state index < -0.39 is 0 Å². The highest BCUT2D eigenvalue weighted by molar-refractivity contribution is 5.62. The number of ether oxygens (including phenoxy) is 1. The highest BCUT2D eigenvalue weighted by atomic mass is 19.1. The molecular weight excluding hydrogens is 341 g/mol. The Morgan fingerprint density at radius 3 is 2.74 bits per heavy atom. The molecule has 2 saturated carbocycles. The van der Waals surface area contributed by atoms with Gasteiger partial charge in [-0.05, 0) is 66.8 Å². The second-order valence-corrected chi connectivity index (χ2v) is 8.13. The first-order valence-electron chi connectivity index (χ1n) is 9.99. The summed E-state index contributed by atoms with van der Waals surface area (Å²) in [6.07, 6.45) is 6.66. The Kier molecular flexibility index (Phi) is 4.14. The summed E-state index contributed by atoms with van der Waals surface area (Å²) in [5.41, 5.74) is 4.49. The van der Waals surface area contributed by atoms with Gasteiger partial charge in [0.25, 0.3) is 0 Å². The van der Waals surface area contributed by atoms with E-state index in [-0.39, 0.29) is 11.7 Å². The van der Waals surface area contributed by atoms with Crippen LogP contribution in [0.2, 0.25) is 0 Å². The first-order chi connectivity index (χ1) is 13.2. The van der Waals surface area contributed by atoms with Crippen molar-refractivity contribution in [2.45, 2.75) is 50.7 Å². The number of halogens is 1. The van der Waals surface area contributed by atoms with Crippen LogP contribution in [0.3, 0.4) is 0 Å². The Bertz CT molecular complexity index is 877. The molecule has 2 unspecified atom stereocenters. The second-order valence-electron chi connectivity index (χ2n) is 8.13. The van der Waals surface area contributed by atoms with Gasteiger partial charge in [-0.3, -0.25) is 0 Å². The molecule has 4 heteroatoms. The van der Waals surface area contributed by atoms with Crippen molar-refractivity contribution in [3.8, 4) is 5.75 Å². The molecule has 2 atom stereocenters. The Labute approximate surface area is 159 Å². The normalized spacial score (nSPS) is 24.1. The molecule has 0 amide bonds. The van der Waals surface area contributed by atoms with Crippen LogP contribution in [-0.4, -0.2) is 18.9 Å². The molecule has 0 radical (unpaired) electrons. The third-order valence-electron chi connectivity index (χ3n) is 6.30. The van der Waals surface area contributed by atoms with Crippen LogP contribution in [0.4, 0.5) is 10.1 Å². The maximum atomic E-state index is 14.5. The van der Waals surface area contributed by atoms with Crippen LogP contribution in [0.5, 0.6) is 5.75 Å². The van der Waals surface area contributed by atoms with Gasteiger partial charge < -0.3 is 14.4 Å². The number of carbonyl (C=O) groups is 1. The van der Waals surface area contributed by atoms with Gasteiger partial charge in [0.15, 0.2) is 0 Å². The highest BCUT2D eigenvalue weighted by Crippen LogP contribution is 2.46. The lowest BCUT2D eigenvalue weighted by molar-refractivity contribution is -0.108. The quantitative estimate of drug-likeness (QED) is 0.724. The van der Waals surface area contributed by atoms with Crippen LogP contribution < -0.4 is 9.64 Å². The minimum atomic E-state index is -0.192. The van der Waals surface area contributed by atoms with Crippen LogP contribution >= 0.6 is 0 Å². The number of benzene rings is 2. The van der Waals surface area contributed by atoms with Crippen molar-refractivity contribution in [3.63, 3.8) is 0 Å². The summed E-state index contributed by atoms with van der Waals surface area (Å²) in [6, 6.07) is 11.7. The minimum absolute atomic E-state index is 0.192. The number of hydrogen-bond donors (Lipinski definition) is 0. The van der Waals surface area contributed by atoms with Gasteiger partial charge in [0.1, 0.15) is 17.9 Å². The molecule has 0 N–H and O–H groups in total. The number of anilines is 1. The monoisotopic (exact) mass is 365 g/mol. The predicted molar refractivity (Wildman–Crippen MR) is 103 cm³/mol. The van der Waals surface area contributed by atoms with Gasteiger partial charge in [0, 0.05) is 25.1 Å². The van der Waals surface area contributed by atoms with E-state index in [0.717, 1.165) is 44.3 Å². The third kappa shape index (κ3) is 3.22. The number of rotatable bonds is 5. The summed E-state index contributed by atoms with van der Waals surface area (Å²) in [4.78, 5) is 13.0. The van der Waals surface area contributed by atoms with Crippen molar-refractivity contribution in [2.24, 2.45) is 5.92 Å². The summed E-state index contributed by atoms with van der Waals surface area (Å²) in [6.45, 7) is 1.50. The van der Waals surface area contributed by atoms with Crippen molar-refractivity contribution < 1.29 is 13.9 Å². The van der Waals surface area contributed by atoms with Crippen LogP contribution in [0, 0.1) is 11.7 Å². The molecule has 0 aromatic heterocycles. The predicted octanol–water partition coefficient (Wildman–Crippen LogP) is 4.62. The zero-order valence-electron chi connectivity index (χ0n) is 15.4. The molecule has 2 aromatic rings. The summed E-state index contributed by atoms with van der Waals surface area (Å²) in [5, 5.41) is 0. The smallest absolute Gasteiger partial charge is 0.146 e. The van der Waals surface area contributed by atoms with E-state index in [4.69, 9.17) is 4.74 Å². The van der Waals surface area contributed by atoms with Gasteiger partial charge in [-0.2, -0.15) is 0 Å². The number of hydrogen-bond acceptors (Lipinski definition) is 3. The van der Waals surface area contributed by atoms with Crippen molar-refractivity contribution in [2.75, 3.05) is 11.4 Å². The highest BCUT2D eigenvalue weighted by Gasteiger charge is 2.38. The molecule has 3 nitrogen and oxygen atoms in total. The SMILES string of the molecule is O=CC1CC1c1ccc2c(c1)CCN(c1cc(OC3CCC3)ccc1F)C2. The third-order valence-corrected chi connectivity index (χ3v) is 6.30. The van der Waals surface area contributed by atoms with Gasteiger partial charge in [-0.15, -0.1) is 0 Å². The average Bonchev–Trinajstić information content (AvgIpc) is 3.45. The van der Waals surface area contributed by atoms with E-state index in [2.05, 4.69) is 23.1 Å². The molecule has 140 valence electrons. The summed E-state index contributed by atoms with van der Waals surface area (Å²) < 4.78 is 20.4. The van der Waals surface area contributed by atoms with Gasteiger partial charge in [0.2, 0.25) is 0 Å². The fourth-order valence-electron chi connectivity index (χ4n) is 4.25. The molecule has 0 saturated heterocycles. The molecule has 2 aliphatic carbocycles. The summed E-state index contributed by atoms with van der Waals surface area (Å²) >= 11 is 0. The molecule has 3 aliphatic rings. The van der Waals surface area contributed by atoms with E-state index >= 15 is 0 Å². The van der Waals surface area contributed by atoms with Crippen LogP contribution in [-0.2, 0) is 17.8 Å². The Hall–Kier alpha value is -2.36. The molecule has 5 rings (SSSR count). The van der Waals surface area contributed by atoms with Gasteiger partial charge in [-0.25, -0.2) is 4.39 Å². The molecule has 0 spiro atoms. The largest absolute Gasteiger partial charge is 0.490 e. The van der Waals surface area contributed by atoms with Crippen LogP contribution in [0.15, 0.2) is 36.4 Å². The topological polar surface area (TPSA) is 29.5 Å². The fourth-order valence-corrected chi connectivity index (χ4v) is 4.25. The first kappa shape index (κ1) is 16.8. The summed E-state index contributed by atoms with van der Waals surface area (Å²) in [5.74, 6) is 1.19. The van der Waals surface area contributed by atoms with Gasteiger partial charge in [0.05, 0.1) is 11.8 Å². The zero-order chi connectivity index (χ0) is 18.4. The lowest BCUT2D eigenvalue weighted by atomic mass is 9.95. The Balaban J connectivity index is 1.34. The minimum Gasteiger partial charge on any atom is -0.490 e. The van der Waals surface area contributed by atoms with Crippen LogP contribution in [0.1, 0.15) is 48.3 Å². The molecule has 27 heavy (non-hydrogen) atoms. The number of aldehydes is 1. The molecule has 2 aromatic carbocycles. The van der Waals surface area contributed by atoms with Gasteiger partial charge >= 0.3 is 0 Å². The number of carbonyl (C=O) groups excluding carboxylic acids is 1. The van der Waals surface area contributed by atoms with Crippen LogP contribution in [0.25, 0.3) is 0 Å². The van der Waals surface area contributed by atoms with Gasteiger partial charge in [-0.1, -0.05) is 18.2 Å². The Morgan fingerprint density at radius 2 is 2.00 bits per heavy atom. The van der Waals surface area contributed by atoms with E-state index in [1.807, 2.05) is 6.07 Å². The number of fused-ring (bicyclic) bond motifs is 1. The van der Waals surface area contributed by atoms with Crippen molar-refractivity contribution >= 4 is 12.0 Å².